The Morgan fingerprint density at radius 2 is 1.90 bits per heavy atom. The maximum absolute atomic E-state index is 12.0. The molecule has 0 aromatic heterocycles. The number of rotatable bonds is 8. The van der Waals surface area contributed by atoms with E-state index in [0.717, 1.165) is 12.1 Å². The first-order valence-corrected chi connectivity index (χ1v) is 6.78. The molecule has 5 nitrogen and oxygen atoms in total. The van der Waals surface area contributed by atoms with Crippen LogP contribution in [0.15, 0.2) is 37.1 Å². The molecule has 0 amide bonds. The van der Waals surface area contributed by atoms with E-state index in [0.29, 0.717) is 12.0 Å². The number of nitrogens with zero attached hydrogens (tertiary/aromatic N) is 1. The van der Waals surface area contributed by atoms with Crippen molar-refractivity contribution in [1.29, 1.82) is 0 Å². The van der Waals surface area contributed by atoms with Crippen molar-refractivity contribution in [2.45, 2.75) is 26.1 Å². The Bertz CT molecular complexity index is 494. The maximum atomic E-state index is 12.0. The Hall–Kier alpha value is -2.30. The normalized spacial score (nSPS) is 11.4. The zero-order chi connectivity index (χ0) is 15.8. The summed E-state index contributed by atoms with van der Waals surface area (Å²) in [5, 5.41) is 0. The molecule has 0 radical (unpaired) electrons. The minimum atomic E-state index is -0.923. The second-order valence-electron chi connectivity index (χ2n) is 4.70. The third-order valence-electron chi connectivity index (χ3n) is 2.84. The van der Waals surface area contributed by atoms with Crippen LogP contribution < -0.4 is 4.90 Å². The van der Waals surface area contributed by atoms with Crippen LogP contribution in [-0.4, -0.2) is 32.1 Å². The Labute approximate surface area is 125 Å². The summed E-state index contributed by atoms with van der Waals surface area (Å²) in [5.41, 5.74) is 1.23. The molecular weight excluding hydrogens is 270 g/mol. The topological polar surface area (TPSA) is 55.8 Å². The Morgan fingerprint density at radius 3 is 2.38 bits per heavy atom. The van der Waals surface area contributed by atoms with Gasteiger partial charge in [-0.25, -0.2) is 4.79 Å². The van der Waals surface area contributed by atoms with E-state index in [-0.39, 0.29) is 0 Å². The van der Waals surface area contributed by atoms with E-state index in [1.54, 1.807) is 24.3 Å². The van der Waals surface area contributed by atoms with E-state index < -0.39 is 18.0 Å². The molecule has 1 atom stereocenters. The molecule has 114 valence electrons. The minimum absolute atomic E-state index is 0.291. The van der Waals surface area contributed by atoms with Crippen molar-refractivity contribution < 1.29 is 19.1 Å². The van der Waals surface area contributed by atoms with Gasteiger partial charge in [-0.15, -0.1) is 0 Å². The smallest absolute Gasteiger partial charge is 0.382 e. The predicted molar refractivity (Wildman–Crippen MR) is 81.2 cm³/mol. The average Bonchev–Trinajstić information content (AvgIpc) is 2.47. The van der Waals surface area contributed by atoms with Gasteiger partial charge in [-0.3, -0.25) is 4.79 Å². The Morgan fingerprint density at radius 1 is 1.29 bits per heavy atom. The van der Waals surface area contributed by atoms with Gasteiger partial charge < -0.3 is 14.4 Å². The highest BCUT2D eigenvalue weighted by atomic mass is 16.7. The van der Waals surface area contributed by atoms with Gasteiger partial charge in [0.1, 0.15) is 0 Å². The molecule has 0 saturated heterocycles. The highest BCUT2D eigenvalue weighted by Gasteiger charge is 2.22. The van der Waals surface area contributed by atoms with Gasteiger partial charge >= 0.3 is 5.97 Å². The van der Waals surface area contributed by atoms with E-state index in [2.05, 4.69) is 6.58 Å². The van der Waals surface area contributed by atoms with Crippen molar-refractivity contribution in [3.63, 3.8) is 0 Å². The monoisotopic (exact) mass is 291 g/mol. The highest BCUT2D eigenvalue weighted by molar-refractivity contribution is 6.40. The molecule has 0 heterocycles. The first kappa shape index (κ1) is 16.8. The van der Waals surface area contributed by atoms with Gasteiger partial charge in [0.25, 0.3) is 5.78 Å². The molecule has 5 heteroatoms. The fraction of sp³-hybridized carbons (Fsp3) is 0.375. The highest BCUT2D eigenvalue weighted by Crippen LogP contribution is 2.14. The van der Waals surface area contributed by atoms with Crippen molar-refractivity contribution >= 4 is 17.4 Å². The zero-order valence-corrected chi connectivity index (χ0v) is 12.7. The van der Waals surface area contributed by atoms with Gasteiger partial charge in [0.05, 0.1) is 6.26 Å². The Balaban J connectivity index is 2.72. The lowest BCUT2D eigenvalue weighted by Gasteiger charge is -2.16. The van der Waals surface area contributed by atoms with Gasteiger partial charge in [0, 0.05) is 31.8 Å². The molecule has 1 rings (SSSR count). The molecule has 1 unspecified atom stereocenters. The lowest BCUT2D eigenvalue weighted by Crippen LogP contribution is -2.25. The van der Waals surface area contributed by atoms with Crippen molar-refractivity contribution in [2.24, 2.45) is 0 Å². The van der Waals surface area contributed by atoms with Crippen LogP contribution in [0.4, 0.5) is 5.69 Å². The van der Waals surface area contributed by atoms with Crippen LogP contribution in [0.25, 0.3) is 0 Å². The quantitative estimate of drug-likeness (QED) is 0.242. The summed E-state index contributed by atoms with van der Waals surface area (Å²) in [6.07, 6.45) is 1.69. The third-order valence-corrected chi connectivity index (χ3v) is 2.84. The van der Waals surface area contributed by atoms with Gasteiger partial charge in [-0.2, -0.15) is 0 Å². The molecule has 0 bridgehead atoms. The van der Waals surface area contributed by atoms with Crippen LogP contribution in [0.3, 0.4) is 0 Å². The summed E-state index contributed by atoms with van der Waals surface area (Å²) in [7, 11) is 3.79. The molecule has 21 heavy (non-hydrogen) atoms. The first-order valence-electron chi connectivity index (χ1n) is 6.78. The van der Waals surface area contributed by atoms with Crippen LogP contribution >= 0.6 is 0 Å². The number of ketones is 1. The summed E-state index contributed by atoms with van der Waals surface area (Å²) >= 11 is 0. The van der Waals surface area contributed by atoms with Crippen molar-refractivity contribution in [1.82, 2.24) is 0 Å². The molecule has 0 saturated carbocycles. The number of Topliss-reactive ketones (excluding diaryl/α,β-unsaturated/α-hetero) is 1. The van der Waals surface area contributed by atoms with E-state index in [4.69, 9.17) is 9.47 Å². The van der Waals surface area contributed by atoms with E-state index in [9.17, 15) is 9.59 Å². The molecule has 0 N–H and O–H groups in total. The van der Waals surface area contributed by atoms with E-state index in [1.165, 1.54) is 6.26 Å². The molecule has 0 aliphatic heterocycles. The van der Waals surface area contributed by atoms with Gasteiger partial charge in [0.15, 0.2) is 0 Å². The van der Waals surface area contributed by atoms with Crippen LogP contribution in [0.1, 0.15) is 30.1 Å². The standard InChI is InChI=1S/C16H21NO4/c1-5-7-14(20-6-2)21-16(19)15(18)12-8-10-13(11-9-12)17(3)4/h6,8-11,14H,2,5,7H2,1,3-4H3. The summed E-state index contributed by atoms with van der Waals surface area (Å²) in [6, 6.07) is 6.73. The molecule has 0 spiro atoms. The number of anilines is 1. The van der Waals surface area contributed by atoms with Crippen LogP contribution in [0.2, 0.25) is 0 Å². The fourth-order valence-corrected chi connectivity index (χ4v) is 1.70. The summed E-state index contributed by atoms with van der Waals surface area (Å²) in [6.45, 7) is 5.34. The Kier molecular flexibility index (Phi) is 6.46. The number of carbonyl (C=O) groups excluding carboxylic acids is 2. The molecule has 1 aromatic carbocycles. The SMILES string of the molecule is C=COC(CCC)OC(=O)C(=O)c1ccc(N(C)C)cc1. The number of esters is 1. The van der Waals surface area contributed by atoms with Crippen LogP contribution in [0.5, 0.6) is 0 Å². The number of carbonyl (C=O) groups is 2. The van der Waals surface area contributed by atoms with Crippen LogP contribution in [0, 0.1) is 0 Å². The molecular formula is C16H21NO4. The lowest BCUT2D eigenvalue weighted by molar-refractivity contribution is -0.163. The van der Waals surface area contributed by atoms with Crippen molar-refractivity contribution in [3.05, 3.63) is 42.7 Å². The first-order chi connectivity index (χ1) is 9.99. The number of hydrogen-bond acceptors (Lipinski definition) is 5. The molecule has 0 fully saturated rings. The van der Waals surface area contributed by atoms with Gasteiger partial charge in [-0.05, 0) is 30.7 Å². The number of ether oxygens (including phenoxy) is 2. The van der Waals surface area contributed by atoms with Gasteiger partial charge in [-0.1, -0.05) is 13.5 Å². The fourth-order valence-electron chi connectivity index (χ4n) is 1.70. The third kappa shape index (κ3) is 4.95. The number of benzene rings is 1. The largest absolute Gasteiger partial charge is 0.463 e. The summed E-state index contributed by atoms with van der Waals surface area (Å²) < 4.78 is 10.1. The summed E-state index contributed by atoms with van der Waals surface area (Å²) in [5.74, 6) is -1.61. The number of hydrogen-bond donors (Lipinski definition) is 0. The molecule has 0 aliphatic carbocycles. The van der Waals surface area contributed by atoms with E-state index in [1.807, 2.05) is 25.9 Å². The maximum Gasteiger partial charge on any atom is 0.382 e. The van der Waals surface area contributed by atoms with Crippen molar-refractivity contribution in [3.8, 4) is 0 Å². The second kappa shape index (κ2) is 8.09. The predicted octanol–water partition coefficient (Wildman–Crippen LogP) is 2.76. The molecule has 1 aromatic rings. The lowest BCUT2D eigenvalue weighted by atomic mass is 10.1. The van der Waals surface area contributed by atoms with Gasteiger partial charge in [0.2, 0.25) is 6.29 Å². The van der Waals surface area contributed by atoms with E-state index >= 15 is 0 Å². The minimum Gasteiger partial charge on any atom is -0.463 e. The average molecular weight is 291 g/mol. The van der Waals surface area contributed by atoms with Crippen LogP contribution in [-0.2, 0) is 14.3 Å². The second-order valence-corrected chi connectivity index (χ2v) is 4.70. The summed E-state index contributed by atoms with van der Waals surface area (Å²) in [4.78, 5) is 25.7. The van der Waals surface area contributed by atoms with Crippen molar-refractivity contribution in [2.75, 3.05) is 19.0 Å². The molecule has 0 aliphatic rings. The zero-order valence-electron chi connectivity index (χ0n) is 12.7.